The third-order valence-electron chi connectivity index (χ3n) is 4.88. The maximum absolute atomic E-state index is 12.4. The number of fused-ring (bicyclic) bond motifs is 1. The van der Waals surface area contributed by atoms with Crippen LogP contribution in [-0.2, 0) is 21.9 Å². The summed E-state index contributed by atoms with van der Waals surface area (Å²) < 4.78 is 24.9. The number of rotatable bonds is 6. The first-order valence-electron chi connectivity index (χ1n) is 9.05. The molecule has 0 saturated heterocycles. The van der Waals surface area contributed by atoms with E-state index in [2.05, 4.69) is 36.3 Å². The molecule has 3 N–H and O–H groups in total. The summed E-state index contributed by atoms with van der Waals surface area (Å²) in [5.74, 6) is 0.104. The molecule has 29 heavy (non-hydrogen) atoms. The minimum absolute atomic E-state index is 0.0135. The van der Waals surface area contributed by atoms with Crippen LogP contribution in [0.15, 0.2) is 46.5 Å². The molecule has 0 aliphatic rings. The van der Waals surface area contributed by atoms with Crippen LogP contribution in [0.3, 0.4) is 0 Å². The Bertz CT molecular complexity index is 1190. The fourth-order valence-electron chi connectivity index (χ4n) is 2.99. The Morgan fingerprint density at radius 3 is 2.59 bits per heavy atom. The molecular weight excluding hydrogens is 408 g/mol. The summed E-state index contributed by atoms with van der Waals surface area (Å²) in [4.78, 5) is 16.9. The third kappa shape index (κ3) is 4.80. The molecule has 0 unspecified atom stereocenters. The topological polar surface area (TPSA) is 107 Å². The van der Waals surface area contributed by atoms with Gasteiger partial charge in [0, 0.05) is 7.05 Å². The van der Waals surface area contributed by atoms with Gasteiger partial charge in [-0.3, -0.25) is 4.79 Å². The number of sulfonamides is 1. The molecule has 1 heterocycles. The number of thioether (sulfide) groups is 1. The highest BCUT2D eigenvalue weighted by atomic mass is 32.2. The second-order valence-electron chi connectivity index (χ2n) is 7.07. The number of hydrogen-bond acceptors (Lipinski definition) is 5. The van der Waals surface area contributed by atoms with Crippen molar-refractivity contribution in [3.63, 3.8) is 0 Å². The van der Waals surface area contributed by atoms with Gasteiger partial charge in [-0.05, 0) is 55.7 Å². The van der Waals surface area contributed by atoms with Gasteiger partial charge < -0.3 is 9.88 Å². The maximum Gasteiger partial charge on any atom is 0.238 e. The first-order valence-corrected chi connectivity index (χ1v) is 11.6. The minimum Gasteiger partial charge on any atom is -0.349 e. The summed E-state index contributed by atoms with van der Waals surface area (Å²) in [6.07, 6.45) is 0. The van der Waals surface area contributed by atoms with Crippen molar-refractivity contribution in [3.8, 4) is 0 Å². The highest BCUT2D eigenvalue weighted by molar-refractivity contribution is 7.99. The first-order chi connectivity index (χ1) is 13.6. The van der Waals surface area contributed by atoms with Gasteiger partial charge in [0.05, 0.1) is 27.7 Å². The van der Waals surface area contributed by atoms with Crippen LogP contribution in [0.1, 0.15) is 29.7 Å². The van der Waals surface area contributed by atoms with E-state index in [0.29, 0.717) is 10.7 Å². The molecule has 0 fully saturated rings. The molecule has 3 aromatic rings. The number of nitrogens with two attached hydrogens (primary N) is 1. The first kappa shape index (κ1) is 21.4. The fraction of sp³-hybridized carbons (Fsp3) is 0.300. The quantitative estimate of drug-likeness (QED) is 0.583. The van der Waals surface area contributed by atoms with Crippen molar-refractivity contribution in [1.29, 1.82) is 0 Å². The van der Waals surface area contributed by atoms with Crippen molar-refractivity contribution in [3.05, 3.63) is 53.1 Å². The molecule has 0 bridgehead atoms. The van der Waals surface area contributed by atoms with E-state index in [1.165, 1.54) is 35.0 Å². The van der Waals surface area contributed by atoms with E-state index in [-0.39, 0.29) is 22.6 Å². The zero-order valence-electron chi connectivity index (χ0n) is 16.8. The second-order valence-corrected chi connectivity index (χ2v) is 9.57. The third-order valence-corrected chi connectivity index (χ3v) is 6.82. The van der Waals surface area contributed by atoms with Crippen LogP contribution >= 0.6 is 11.8 Å². The van der Waals surface area contributed by atoms with Crippen molar-refractivity contribution in [2.24, 2.45) is 12.2 Å². The number of amides is 1. The Labute approximate surface area is 174 Å². The number of aryl methyl sites for hydroxylation is 3. The number of benzene rings is 2. The average Bonchev–Trinajstić information content (AvgIpc) is 2.97. The lowest BCUT2D eigenvalue weighted by Crippen LogP contribution is -2.28. The number of hydrogen-bond donors (Lipinski definition) is 2. The molecule has 7 nitrogen and oxygen atoms in total. The lowest BCUT2D eigenvalue weighted by atomic mass is 10.0. The van der Waals surface area contributed by atoms with Crippen LogP contribution in [0.2, 0.25) is 0 Å². The van der Waals surface area contributed by atoms with Crippen molar-refractivity contribution in [1.82, 2.24) is 14.9 Å². The molecule has 0 saturated carbocycles. The minimum atomic E-state index is -3.79. The molecule has 0 spiro atoms. The van der Waals surface area contributed by atoms with E-state index in [4.69, 9.17) is 5.14 Å². The number of imidazole rings is 1. The molecule has 1 atom stereocenters. The standard InChI is InChI=1S/C20H24N4O3S2/c1-12-5-6-15(9-13(12)2)14(3)22-19(25)11-28-20-23-17-10-16(29(21,26)27)7-8-18(17)24(20)4/h5-10,14H,11H2,1-4H3,(H,22,25)(H2,21,26,27)/t14-/m1/s1. The van der Waals surface area contributed by atoms with Crippen LogP contribution in [0.25, 0.3) is 11.0 Å². The Morgan fingerprint density at radius 2 is 1.93 bits per heavy atom. The predicted octanol–water partition coefficient (Wildman–Crippen LogP) is 2.81. The summed E-state index contributed by atoms with van der Waals surface area (Å²) in [6, 6.07) is 10.6. The van der Waals surface area contributed by atoms with E-state index < -0.39 is 10.0 Å². The summed E-state index contributed by atoms with van der Waals surface area (Å²) in [6.45, 7) is 6.06. The summed E-state index contributed by atoms with van der Waals surface area (Å²) in [5, 5.41) is 8.81. The molecule has 1 aromatic heterocycles. The molecule has 1 amide bonds. The summed E-state index contributed by atoms with van der Waals surface area (Å²) in [7, 11) is -1.97. The van der Waals surface area contributed by atoms with Gasteiger partial charge in [0.2, 0.25) is 15.9 Å². The van der Waals surface area contributed by atoms with Crippen LogP contribution in [0, 0.1) is 13.8 Å². The van der Waals surface area contributed by atoms with Gasteiger partial charge in [0.25, 0.3) is 0 Å². The van der Waals surface area contributed by atoms with Crippen LogP contribution in [-0.4, -0.2) is 29.6 Å². The van der Waals surface area contributed by atoms with Gasteiger partial charge in [-0.25, -0.2) is 18.5 Å². The molecule has 9 heteroatoms. The SMILES string of the molecule is Cc1ccc([C@@H](C)NC(=O)CSc2nc3cc(S(N)(=O)=O)ccc3n2C)cc1C. The van der Waals surface area contributed by atoms with Gasteiger partial charge in [0.15, 0.2) is 5.16 Å². The Hall–Kier alpha value is -2.36. The lowest BCUT2D eigenvalue weighted by Gasteiger charge is -2.15. The molecule has 0 aliphatic carbocycles. The Morgan fingerprint density at radius 1 is 1.21 bits per heavy atom. The zero-order valence-corrected chi connectivity index (χ0v) is 18.4. The molecule has 2 aromatic carbocycles. The highest BCUT2D eigenvalue weighted by Gasteiger charge is 2.15. The van der Waals surface area contributed by atoms with Gasteiger partial charge in [0.1, 0.15) is 0 Å². The number of nitrogens with zero attached hydrogens (tertiary/aromatic N) is 2. The highest BCUT2D eigenvalue weighted by Crippen LogP contribution is 2.25. The van der Waals surface area contributed by atoms with E-state index in [9.17, 15) is 13.2 Å². The number of aromatic nitrogens is 2. The molecular formula is C20H24N4O3S2. The number of nitrogens with one attached hydrogen (secondary N) is 1. The number of carbonyl (C=O) groups excluding carboxylic acids is 1. The van der Waals surface area contributed by atoms with Crippen molar-refractivity contribution < 1.29 is 13.2 Å². The largest absolute Gasteiger partial charge is 0.349 e. The zero-order chi connectivity index (χ0) is 21.3. The van der Waals surface area contributed by atoms with Crippen LogP contribution in [0.5, 0.6) is 0 Å². The van der Waals surface area contributed by atoms with Gasteiger partial charge in [-0.15, -0.1) is 0 Å². The fourth-order valence-corrected chi connectivity index (χ4v) is 4.33. The smallest absolute Gasteiger partial charge is 0.238 e. The van der Waals surface area contributed by atoms with Crippen LogP contribution in [0.4, 0.5) is 0 Å². The van der Waals surface area contributed by atoms with Crippen molar-refractivity contribution in [2.45, 2.75) is 36.9 Å². The summed E-state index contributed by atoms with van der Waals surface area (Å²) >= 11 is 1.30. The molecule has 3 rings (SSSR count). The van der Waals surface area contributed by atoms with Gasteiger partial charge in [-0.1, -0.05) is 30.0 Å². The maximum atomic E-state index is 12.4. The van der Waals surface area contributed by atoms with E-state index >= 15 is 0 Å². The molecule has 0 aliphatic heterocycles. The predicted molar refractivity (Wildman–Crippen MR) is 115 cm³/mol. The van der Waals surface area contributed by atoms with Crippen molar-refractivity contribution >= 4 is 38.7 Å². The van der Waals surface area contributed by atoms with E-state index in [1.807, 2.05) is 24.6 Å². The number of primary sulfonamides is 1. The summed E-state index contributed by atoms with van der Waals surface area (Å²) in [5.41, 5.74) is 4.76. The van der Waals surface area contributed by atoms with Gasteiger partial charge in [-0.2, -0.15) is 0 Å². The molecule has 154 valence electrons. The monoisotopic (exact) mass is 432 g/mol. The van der Waals surface area contributed by atoms with Gasteiger partial charge >= 0.3 is 0 Å². The average molecular weight is 433 g/mol. The van der Waals surface area contributed by atoms with Crippen molar-refractivity contribution in [2.75, 3.05) is 5.75 Å². The van der Waals surface area contributed by atoms with E-state index in [1.54, 1.807) is 6.07 Å². The lowest BCUT2D eigenvalue weighted by molar-refractivity contribution is -0.119. The van der Waals surface area contributed by atoms with Crippen LogP contribution < -0.4 is 10.5 Å². The Balaban J connectivity index is 1.68. The van der Waals surface area contributed by atoms with E-state index in [0.717, 1.165) is 11.1 Å². The number of carbonyl (C=O) groups is 1. The second kappa shape index (κ2) is 8.17. The molecule has 0 radical (unpaired) electrons. The Kier molecular flexibility index (Phi) is 6.02. The normalized spacial score (nSPS) is 12.9.